The molecular weight excluding hydrogens is 368 g/mol. The Bertz CT molecular complexity index is 848. The van der Waals surface area contributed by atoms with E-state index in [-0.39, 0.29) is 11.7 Å². The average Bonchev–Trinajstić information content (AvgIpc) is 3.35. The minimum absolute atomic E-state index is 0.124. The maximum atomic E-state index is 12.2. The van der Waals surface area contributed by atoms with Gasteiger partial charge in [0.25, 0.3) is 0 Å². The summed E-state index contributed by atoms with van der Waals surface area (Å²) in [5.74, 6) is 0.692. The van der Waals surface area contributed by atoms with Crippen LogP contribution in [0.3, 0.4) is 0 Å². The summed E-state index contributed by atoms with van der Waals surface area (Å²) in [6, 6.07) is 11.1. The Morgan fingerprint density at radius 3 is 2.67 bits per heavy atom. The maximum absolute atomic E-state index is 12.2. The SMILES string of the molecule is COC(Cn1c(SCC(=O)Nc2ccccc2)nnc1-c1ccoc1)OC. The molecule has 8 nitrogen and oxygen atoms in total. The summed E-state index contributed by atoms with van der Waals surface area (Å²) in [5.41, 5.74) is 1.54. The van der Waals surface area contributed by atoms with E-state index in [1.54, 1.807) is 32.8 Å². The number of methoxy groups -OCH3 is 2. The second kappa shape index (κ2) is 9.36. The lowest BCUT2D eigenvalue weighted by Crippen LogP contribution is -2.22. The molecule has 2 heterocycles. The minimum Gasteiger partial charge on any atom is -0.472 e. The van der Waals surface area contributed by atoms with Gasteiger partial charge < -0.3 is 19.2 Å². The molecule has 142 valence electrons. The molecule has 0 bridgehead atoms. The molecule has 0 unspecified atom stereocenters. The number of hydrogen-bond donors (Lipinski definition) is 1. The number of carbonyl (C=O) groups is 1. The predicted octanol–water partition coefficient (Wildman–Crippen LogP) is 2.89. The number of benzene rings is 1. The molecule has 3 aromatic rings. The fourth-order valence-electron chi connectivity index (χ4n) is 2.41. The first-order chi connectivity index (χ1) is 13.2. The molecule has 0 aliphatic heterocycles. The smallest absolute Gasteiger partial charge is 0.234 e. The fraction of sp³-hybridized carbons (Fsp3) is 0.278. The Morgan fingerprint density at radius 1 is 1.22 bits per heavy atom. The summed E-state index contributed by atoms with van der Waals surface area (Å²) in [5, 5.41) is 11.9. The van der Waals surface area contributed by atoms with Gasteiger partial charge in [-0.25, -0.2) is 0 Å². The Morgan fingerprint density at radius 2 is 2.00 bits per heavy atom. The van der Waals surface area contributed by atoms with Crippen LogP contribution in [0, 0.1) is 0 Å². The Labute approximate surface area is 160 Å². The molecular formula is C18H20N4O4S. The molecule has 0 aliphatic rings. The van der Waals surface area contributed by atoms with Crippen molar-refractivity contribution >= 4 is 23.4 Å². The molecule has 0 atom stereocenters. The van der Waals surface area contributed by atoms with Gasteiger partial charge in [-0.15, -0.1) is 10.2 Å². The number of ether oxygens (including phenoxy) is 2. The van der Waals surface area contributed by atoms with Gasteiger partial charge in [0.05, 0.1) is 24.1 Å². The molecule has 0 spiro atoms. The molecule has 1 amide bonds. The lowest BCUT2D eigenvalue weighted by molar-refractivity contribution is -0.113. The second-order valence-corrected chi connectivity index (χ2v) is 6.48. The summed E-state index contributed by atoms with van der Waals surface area (Å²) >= 11 is 1.29. The zero-order chi connectivity index (χ0) is 19.1. The van der Waals surface area contributed by atoms with Gasteiger partial charge in [-0.2, -0.15) is 0 Å². The van der Waals surface area contributed by atoms with Crippen LogP contribution in [0.25, 0.3) is 11.4 Å². The van der Waals surface area contributed by atoms with E-state index in [0.29, 0.717) is 17.5 Å². The normalized spacial score (nSPS) is 11.1. The Hall–Kier alpha value is -2.62. The second-order valence-electron chi connectivity index (χ2n) is 5.53. The highest BCUT2D eigenvalue weighted by Gasteiger charge is 2.19. The standard InChI is InChI=1S/C18H20N4O4S/c1-24-16(25-2)10-22-17(13-8-9-26-11-13)20-21-18(22)27-12-15(23)19-14-6-4-3-5-7-14/h3-9,11,16H,10,12H2,1-2H3,(H,19,23). The minimum atomic E-state index is -0.468. The molecule has 1 N–H and O–H groups in total. The van der Waals surface area contributed by atoms with Crippen molar-refractivity contribution in [1.29, 1.82) is 0 Å². The molecule has 0 fully saturated rings. The number of thioether (sulfide) groups is 1. The van der Waals surface area contributed by atoms with Crippen molar-refractivity contribution in [2.24, 2.45) is 0 Å². The van der Waals surface area contributed by atoms with Crippen LogP contribution in [-0.2, 0) is 20.8 Å². The van der Waals surface area contributed by atoms with E-state index in [0.717, 1.165) is 11.3 Å². The number of amides is 1. The number of carbonyl (C=O) groups excluding carboxylic acids is 1. The number of furan rings is 1. The number of rotatable bonds is 9. The van der Waals surface area contributed by atoms with E-state index in [4.69, 9.17) is 13.9 Å². The van der Waals surface area contributed by atoms with Crippen molar-refractivity contribution in [1.82, 2.24) is 14.8 Å². The monoisotopic (exact) mass is 388 g/mol. The number of para-hydroxylation sites is 1. The fourth-order valence-corrected chi connectivity index (χ4v) is 3.16. The number of hydrogen-bond acceptors (Lipinski definition) is 7. The van der Waals surface area contributed by atoms with Crippen LogP contribution < -0.4 is 5.32 Å². The van der Waals surface area contributed by atoms with Crippen molar-refractivity contribution in [3.8, 4) is 11.4 Å². The van der Waals surface area contributed by atoms with Crippen LogP contribution in [0.2, 0.25) is 0 Å². The predicted molar refractivity (Wildman–Crippen MR) is 101 cm³/mol. The molecule has 0 saturated carbocycles. The van der Waals surface area contributed by atoms with Crippen molar-refractivity contribution in [3.63, 3.8) is 0 Å². The summed E-state index contributed by atoms with van der Waals surface area (Å²) in [4.78, 5) is 12.2. The van der Waals surface area contributed by atoms with E-state index in [1.807, 2.05) is 34.9 Å². The van der Waals surface area contributed by atoms with Crippen molar-refractivity contribution in [2.45, 2.75) is 18.0 Å². The zero-order valence-electron chi connectivity index (χ0n) is 15.0. The van der Waals surface area contributed by atoms with Crippen LogP contribution in [0.15, 0.2) is 58.5 Å². The van der Waals surface area contributed by atoms with Gasteiger partial charge >= 0.3 is 0 Å². The van der Waals surface area contributed by atoms with Gasteiger partial charge in [-0.1, -0.05) is 30.0 Å². The average molecular weight is 388 g/mol. The maximum Gasteiger partial charge on any atom is 0.234 e. The third kappa shape index (κ3) is 4.97. The first kappa shape index (κ1) is 19.2. The van der Waals surface area contributed by atoms with Crippen LogP contribution in [-0.4, -0.2) is 46.9 Å². The molecule has 2 aromatic heterocycles. The molecule has 9 heteroatoms. The highest BCUT2D eigenvalue weighted by Crippen LogP contribution is 2.25. The largest absolute Gasteiger partial charge is 0.472 e. The molecule has 0 radical (unpaired) electrons. The first-order valence-corrected chi connectivity index (χ1v) is 9.19. The van der Waals surface area contributed by atoms with E-state index < -0.39 is 6.29 Å². The van der Waals surface area contributed by atoms with Crippen LogP contribution in [0.4, 0.5) is 5.69 Å². The summed E-state index contributed by atoms with van der Waals surface area (Å²) in [6.45, 7) is 0.378. The third-order valence-electron chi connectivity index (χ3n) is 3.74. The molecule has 1 aromatic carbocycles. The first-order valence-electron chi connectivity index (χ1n) is 8.20. The number of aromatic nitrogens is 3. The van der Waals surface area contributed by atoms with Crippen LogP contribution >= 0.6 is 11.8 Å². The van der Waals surface area contributed by atoms with Crippen molar-refractivity contribution in [2.75, 3.05) is 25.3 Å². The van der Waals surface area contributed by atoms with E-state index in [1.165, 1.54) is 11.8 Å². The van der Waals surface area contributed by atoms with Gasteiger partial charge in [0.2, 0.25) is 5.91 Å². The molecule has 27 heavy (non-hydrogen) atoms. The molecule has 3 rings (SSSR count). The highest BCUT2D eigenvalue weighted by molar-refractivity contribution is 7.99. The summed E-state index contributed by atoms with van der Waals surface area (Å²) < 4.78 is 17.6. The summed E-state index contributed by atoms with van der Waals surface area (Å²) in [6.07, 6.45) is 2.69. The summed E-state index contributed by atoms with van der Waals surface area (Å²) in [7, 11) is 3.13. The van der Waals surface area contributed by atoms with Gasteiger partial charge in [0.15, 0.2) is 17.3 Å². The van der Waals surface area contributed by atoms with Crippen LogP contribution in [0.5, 0.6) is 0 Å². The quantitative estimate of drug-likeness (QED) is 0.445. The topological polar surface area (TPSA) is 91.4 Å². The third-order valence-corrected chi connectivity index (χ3v) is 4.71. The van der Waals surface area contributed by atoms with E-state index >= 15 is 0 Å². The molecule has 0 saturated heterocycles. The highest BCUT2D eigenvalue weighted by atomic mass is 32.2. The van der Waals surface area contributed by atoms with E-state index in [9.17, 15) is 4.79 Å². The van der Waals surface area contributed by atoms with Gasteiger partial charge in [0.1, 0.15) is 6.26 Å². The zero-order valence-corrected chi connectivity index (χ0v) is 15.8. The Kier molecular flexibility index (Phi) is 6.64. The number of nitrogens with zero attached hydrogens (tertiary/aromatic N) is 3. The van der Waals surface area contributed by atoms with Crippen molar-refractivity contribution < 1.29 is 18.7 Å². The van der Waals surface area contributed by atoms with E-state index in [2.05, 4.69) is 15.5 Å². The van der Waals surface area contributed by atoms with Crippen molar-refractivity contribution in [3.05, 3.63) is 48.9 Å². The number of nitrogens with one attached hydrogen (secondary N) is 1. The lowest BCUT2D eigenvalue weighted by atomic mass is 10.3. The van der Waals surface area contributed by atoms with Gasteiger partial charge in [0, 0.05) is 19.9 Å². The van der Waals surface area contributed by atoms with Gasteiger partial charge in [-0.05, 0) is 18.2 Å². The number of anilines is 1. The van der Waals surface area contributed by atoms with Gasteiger partial charge in [-0.3, -0.25) is 9.36 Å². The Balaban J connectivity index is 1.73. The molecule has 0 aliphatic carbocycles. The lowest BCUT2D eigenvalue weighted by Gasteiger charge is -2.16. The van der Waals surface area contributed by atoms with Crippen LogP contribution in [0.1, 0.15) is 0 Å².